The number of aliphatic carboxylic acids is 1. The van der Waals surface area contributed by atoms with E-state index in [9.17, 15) is 9.59 Å². The molecule has 0 aromatic carbocycles. The molecule has 2 N–H and O–H groups in total. The van der Waals surface area contributed by atoms with Crippen molar-refractivity contribution in [1.82, 2.24) is 5.32 Å². The number of hydrogen-bond acceptors (Lipinski definition) is 3. The van der Waals surface area contributed by atoms with E-state index in [0.29, 0.717) is 5.75 Å². The molecular formula is C8H15NO3S. The number of carbonyl (C=O) groups is 2. The second-order valence-electron chi connectivity index (χ2n) is 2.58. The third-order valence-electron chi connectivity index (χ3n) is 1.31. The average Bonchev–Trinajstić information content (AvgIpc) is 2.09. The lowest BCUT2D eigenvalue weighted by atomic mass is 10.4. The fraction of sp³-hybridized carbons (Fsp3) is 0.750. The van der Waals surface area contributed by atoms with Gasteiger partial charge in [-0.25, -0.2) is 0 Å². The summed E-state index contributed by atoms with van der Waals surface area (Å²) in [5.74, 6) is 0.0972. The second-order valence-corrected chi connectivity index (χ2v) is 3.68. The predicted octanol–water partition coefficient (Wildman–Crippen LogP) is 0.721. The molecule has 0 spiro atoms. The van der Waals surface area contributed by atoms with Crippen molar-refractivity contribution < 1.29 is 14.7 Å². The Labute approximate surface area is 82.1 Å². The standard InChI is InChI=1S/C8H15NO3S/c1-2-3-4-13-6-7(10)9-5-8(11)12/h2-6H2,1H3,(H,9,10)(H,11,12). The van der Waals surface area contributed by atoms with Crippen molar-refractivity contribution in [3.05, 3.63) is 0 Å². The molecular weight excluding hydrogens is 190 g/mol. The number of nitrogens with one attached hydrogen (secondary N) is 1. The third kappa shape index (κ3) is 9.20. The molecule has 13 heavy (non-hydrogen) atoms. The Hall–Kier alpha value is -0.710. The van der Waals surface area contributed by atoms with E-state index in [1.54, 1.807) is 0 Å². The van der Waals surface area contributed by atoms with E-state index in [2.05, 4.69) is 12.2 Å². The molecule has 0 saturated heterocycles. The summed E-state index contributed by atoms with van der Waals surface area (Å²) in [4.78, 5) is 21.0. The topological polar surface area (TPSA) is 66.4 Å². The molecule has 1 amide bonds. The van der Waals surface area contributed by atoms with E-state index in [4.69, 9.17) is 5.11 Å². The summed E-state index contributed by atoms with van der Waals surface area (Å²) in [6.07, 6.45) is 2.21. The van der Waals surface area contributed by atoms with Crippen LogP contribution in [0.2, 0.25) is 0 Å². The minimum Gasteiger partial charge on any atom is -0.480 e. The molecule has 5 heteroatoms. The predicted molar refractivity (Wildman–Crippen MR) is 52.9 cm³/mol. The van der Waals surface area contributed by atoms with E-state index < -0.39 is 5.97 Å². The van der Waals surface area contributed by atoms with E-state index in [0.717, 1.165) is 18.6 Å². The Morgan fingerprint density at radius 2 is 2.15 bits per heavy atom. The normalized spacial score (nSPS) is 9.62. The Bertz CT molecular complexity index is 173. The van der Waals surface area contributed by atoms with Gasteiger partial charge in [0.25, 0.3) is 0 Å². The van der Waals surface area contributed by atoms with Gasteiger partial charge in [0, 0.05) is 0 Å². The van der Waals surface area contributed by atoms with Gasteiger partial charge in [-0.3, -0.25) is 9.59 Å². The number of carbonyl (C=O) groups excluding carboxylic acids is 1. The zero-order valence-electron chi connectivity index (χ0n) is 7.71. The van der Waals surface area contributed by atoms with Crippen molar-refractivity contribution >= 4 is 23.6 Å². The molecule has 0 aliphatic rings. The first-order valence-corrected chi connectivity index (χ1v) is 5.38. The van der Waals surface area contributed by atoms with Crippen LogP contribution in [0.15, 0.2) is 0 Å². The molecule has 0 aromatic rings. The molecule has 0 radical (unpaired) electrons. The van der Waals surface area contributed by atoms with Gasteiger partial charge in [-0.2, -0.15) is 11.8 Å². The van der Waals surface area contributed by atoms with Crippen LogP contribution in [0.4, 0.5) is 0 Å². The summed E-state index contributed by atoms with van der Waals surface area (Å²) in [7, 11) is 0. The molecule has 76 valence electrons. The quantitative estimate of drug-likeness (QED) is 0.601. The summed E-state index contributed by atoms with van der Waals surface area (Å²) >= 11 is 1.53. The molecule has 0 rings (SSSR count). The van der Waals surface area contributed by atoms with Gasteiger partial charge >= 0.3 is 5.97 Å². The number of rotatable bonds is 7. The average molecular weight is 205 g/mol. The number of hydrogen-bond donors (Lipinski definition) is 2. The van der Waals surface area contributed by atoms with Gasteiger partial charge < -0.3 is 10.4 Å². The maximum Gasteiger partial charge on any atom is 0.322 e. The van der Waals surface area contributed by atoms with Crippen LogP contribution >= 0.6 is 11.8 Å². The summed E-state index contributed by atoms with van der Waals surface area (Å²) in [6.45, 7) is 1.80. The van der Waals surface area contributed by atoms with Crippen molar-refractivity contribution in [3.8, 4) is 0 Å². The monoisotopic (exact) mass is 205 g/mol. The molecule has 0 heterocycles. The first-order valence-electron chi connectivity index (χ1n) is 4.23. The Kier molecular flexibility index (Phi) is 7.48. The number of carboxylic acid groups (broad SMARTS) is 1. The molecule has 0 fully saturated rings. The number of thioether (sulfide) groups is 1. The second kappa shape index (κ2) is 7.91. The Balaban J connectivity index is 3.25. The molecule has 0 aliphatic carbocycles. The lowest BCUT2D eigenvalue weighted by Gasteiger charge is -2.01. The fourth-order valence-corrected chi connectivity index (χ4v) is 1.56. The van der Waals surface area contributed by atoms with Gasteiger partial charge in [0.05, 0.1) is 5.75 Å². The van der Waals surface area contributed by atoms with E-state index in [1.165, 1.54) is 11.8 Å². The number of amides is 1. The number of carboxylic acids is 1. The van der Waals surface area contributed by atoms with Crippen molar-refractivity contribution in [1.29, 1.82) is 0 Å². The highest BCUT2D eigenvalue weighted by molar-refractivity contribution is 7.99. The number of unbranched alkanes of at least 4 members (excludes halogenated alkanes) is 1. The van der Waals surface area contributed by atoms with E-state index in [-0.39, 0.29) is 12.5 Å². The van der Waals surface area contributed by atoms with Crippen LogP contribution in [0.25, 0.3) is 0 Å². The van der Waals surface area contributed by atoms with Crippen molar-refractivity contribution in [2.45, 2.75) is 19.8 Å². The van der Waals surface area contributed by atoms with Crippen LogP contribution in [-0.4, -0.2) is 35.0 Å². The van der Waals surface area contributed by atoms with Crippen molar-refractivity contribution in [2.24, 2.45) is 0 Å². The highest BCUT2D eigenvalue weighted by atomic mass is 32.2. The maximum absolute atomic E-state index is 10.9. The van der Waals surface area contributed by atoms with E-state index in [1.807, 2.05) is 0 Å². The molecule has 0 saturated carbocycles. The summed E-state index contributed by atoms with van der Waals surface area (Å²) in [5, 5.41) is 10.6. The summed E-state index contributed by atoms with van der Waals surface area (Å²) in [6, 6.07) is 0. The maximum atomic E-state index is 10.9. The van der Waals surface area contributed by atoms with Gasteiger partial charge in [-0.05, 0) is 12.2 Å². The van der Waals surface area contributed by atoms with Gasteiger partial charge in [0.2, 0.25) is 5.91 Å². The van der Waals surface area contributed by atoms with Crippen molar-refractivity contribution in [2.75, 3.05) is 18.1 Å². The summed E-state index contributed by atoms with van der Waals surface area (Å²) < 4.78 is 0. The molecule has 0 aromatic heterocycles. The van der Waals surface area contributed by atoms with Crippen molar-refractivity contribution in [3.63, 3.8) is 0 Å². The van der Waals surface area contributed by atoms with Crippen LogP contribution < -0.4 is 5.32 Å². The van der Waals surface area contributed by atoms with Crippen LogP contribution in [-0.2, 0) is 9.59 Å². The highest BCUT2D eigenvalue weighted by Crippen LogP contribution is 2.03. The molecule has 4 nitrogen and oxygen atoms in total. The lowest BCUT2D eigenvalue weighted by molar-refractivity contribution is -0.137. The van der Waals surface area contributed by atoms with Gasteiger partial charge in [0.1, 0.15) is 6.54 Å². The van der Waals surface area contributed by atoms with Gasteiger partial charge in [-0.1, -0.05) is 13.3 Å². The first-order chi connectivity index (χ1) is 6.16. The van der Waals surface area contributed by atoms with Crippen LogP contribution in [0.5, 0.6) is 0 Å². The largest absolute Gasteiger partial charge is 0.480 e. The van der Waals surface area contributed by atoms with Crippen LogP contribution in [0, 0.1) is 0 Å². The highest BCUT2D eigenvalue weighted by Gasteiger charge is 2.02. The minimum atomic E-state index is -1.01. The zero-order valence-corrected chi connectivity index (χ0v) is 8.52. The SMILES string of the molecule is CCCCSCC(=O)NCC(=O)O. The zero-order chi connectivity index (χ0) is 10.1. The molecule has 0 atom stereocenters. The first kappa shape index (κ1) is 12.3. The smallest absolute Gasteiger partial charge is 0.322 e. The van der Waals surface area contributed by atoms with Gasteiger partial charge in [0.15, 0.2) is 0 Å². The Morgan fingerprint density at radius 1 is 1.46 bits per heavy atom. The lowest BCUT2D eigenvalue weighted by Crippen LogP contribution is -2.30. The minimum absolute atomic E-state index is 0.205. The molecule has 0 aliphatic heterocycles. The molecule has 0 unspecified atom stereocenters. The van der Waals surface area contributed by atoms with Crippen LogP contribution in [0.3, 0.4) is 0 Å². The third-order valence-corrected chi connectivity index (χ3v) is 2.36. The summed E-state index contributed by atoms with van der Waals surface area (Å²) in [5.41, 5.74) is 0. The fourth-order valence-electron chi connectivity index (χ4n) is 0.636. The van der Waals surface area contributed by atoms with Crippen LogP contribution in [0.1, 0.15) is 19.8 Å². The Morgan fingerprint density at radius 3 is 2.69 bits per heavy atom. The molecule has 0 bridgehead atoms. The van der Waals surface area contributed by atoms with Gasteiger partial charge in [-0.15, -0.1) is 0 Å². The van der Waals surface area contributed by atoms with E-state index >= 15 is 0 Å².